The molecule has 0 saturated carbocycles. The fourth-order valence-electron chi connectivity index (χ4n) is 1.42. The standard InChI is InChI=1S/C12H15NO4/c1-17-12(16)13-8-10(11(14)15)7-9-5-3-2-4-6-9/h2-6,10H,7-8H2,1H3,(H,13,16)(H,14,15). The van der Waals surface area contributed by atoms with Gasteiger partial charge in [-0.1, -0.05) is 30.3 Å². The van der Waals surface area contributed by atoms with Gasteiger partial charge in [0.2, 0.25) is 0 Å². The first-order chi connectivity index (χ1) is 8.13. The van der Waals surface area contributed by atoms with Crippen LogP contribution in [0.2, 0.25) is 0 Å². The lowest BCUT2D eigenvalue weighted by Gasteiger charge is -2.12. The monoisotopic (exact) mass is 237 g/mol. The van der Waals surface area contributed by atoms with Gasteiger partial charge in [0, 0.05) is 6.54 Å². The van der Waals surface area contributed by atoms with Crippen LogP contribution in [-0.2, 0) is 16.0 Å². The van der Waals surface area contributed by atoms with Gasteiger partial charge in [0.1, 0.15) is 0 Å². The largest absolute Gasteiger partial charge is 0.481 e. The first-order valence-electron chi connectivity index (χ1n) is 5.22. The minimum absolute atomic E-state index is 0.0525. The Morgan fingerprint density at radius 1 is 1.35 bits per heavy atom. The molecule has 1 amide bonds. The molecule has 0 aliphatic heterocycles. The van der Waals surface area contributed by atoms with Crippen LogP contribution < -0.4 is 5.32 Å². The molecule has 1 unspecified atom stereocenters. The molecule has 0 bridgehead atoms. The summed E-state index contributed by atoms with van der Waals surface area (Å²) in [5.41, 5.74) is 0.923. The van der Waals surface area contributed by atoms with Gasteiger partial charge < -0.3 is 15.2 Å². The van der Waals surface area contributed by atoms with Crippen molar-refractivity contribution in [2.24, 2.45) is 5.92 Å². The summed E-state index contributed by atoms with van der Waals surface area (Å²) in [6, 6.07) is 9.28. The Morgan fingerprint density at radius 2 is 2.00 bits per heavy atom. The van der Waals surface area contributed by atoms with Gasteiger partial charge >= 0.3 is 12.1 Å². The molecule has 5 heteroatoms. The van der Waals surface area contributed by atoms with Crippen molar-refractivity contribution in [3.05, 3.63) is 35.9 Å². The van der Waals surface area contributed by atoms with E-state index in [0.29, 0.717) is 6.42 Å². The molecule has 1 aromatic rings. The van der Waals surface area contributed by atoms with E-state index >= 15 is 0 Å². The van der Waals surface area contributed by atoms with Crippen LogP contribution in [0.4, 0.5) is 4.79 Å². The van der Waals surface area contributed by atoms with Gasteiger partial charge in [-0.05, 0) is 12.0 Å². The summed E-state index contributed by atoms with van der Waals surface area (Å²) in [6.45, 7) is 0.0525. The number of alkyl carbamates (subject to hydrolysis) is 1. The first kappa shape index (κ1) is 13.0. The number of carbonyl (C=O) groups excluding carboxylic acids is 1. The van der Waals surface area contributed by atoms with Gasteiger partial charge in [-0.15, -0.1) is 0 Å². The average molecular weight is 237 g/mol. The highest BCUT2D eigenvalue weighted by Gasteiger charge is 2.18. The van der Waals surface area contributed by atoms with Crippen molar-refractivity contribution < 1.29 is 19.4 Å². The zero-order valence-electron chi connectivity index (χ0n) is 9.55. The fraction of sp³-hybridized carbons (Fsp3) is 0.333. The number of carboxylic acid groups (broad SMARTS) is 1. The second-order valence-corrected chi connectivity index (χ2v) is 3.60. The van der Waals surface area contributed by atoms with E-state index in [2.05, 4.69) is 10.1 Å². The third kappa shape index (κ3) is 4.55. The van der Waals surface area contributed by atoms with Crippen LogP contribution >= 0.6 is 0 Å². The summed E-state index contributed by atoms with van der Waals surface area (Å²) >= 11 is 0. The molecule has 17 heavy (non-hydrogen) atoms. The predicted molar refractivity (Wildman–Crippen MR) is 61.7 cm³/mol. The van der Waals surface area contributed by atoms with Crippen LogP contribution in [0.3, 0.4) is 0 Å². The van der Waals surface area contributed by atoms with Crippen LogP contribution in [-0.4, -0.2) is 30.8 Å². The quantitative estimate of drug-likeness (QED) is 0.809. The molecule has 0 saturated heterocycles. The highest BCUT2D eigenvalue weighted by Crippen LogP contribution is 2.08. The maximum absolute atomic E-state index is 11.0. The van der Waals surface area contributed by atoms with Gasteiger partial charge in [0.15, 0.2) is 0 Å². The van der Waals surface area contributed by atoms with Gasteiger partial charge in [0.05, 0.1) is 13.0 Å². The Morgan fingerprint density at radius 3 is 2.53 bits per heavy atom. The van der Waals surface area contributed by atoms with Crippen LogP contribution in [0, 0.1) is 5.92 Å². The second-order valence-electron chi connectivity index (χ2n) is 3.60. The summed E-state index contributed by atoms with van der Waals surface area (Å²) in [5.74, 6) is -1.60. The Balaban J connectivity index is 2.55. The SMILES string of the molecule is COC(=O)NCC(Cc1ccccc1)C(=O)O. The molecule has 0 heterocycles. The Kier molecular flexibility index (Phi) is 5.00. The lowest BCUT2D eigenvalue weighted by Crippen LogP contribution is -2.33. The van der Waals surface area contributed by atoms with Gasteiger partial charge in [0.25, 0.3) is 0 Å². The third-order valence-corrected chi connectivity index (χ3v) is 2.35. The minimum Gasteiger partial charge on any atom is -0.481 e. The molecular weight excluding hydrogens is 222 g/mol. The third-order valence-electron chi connectivity index (χ3n) is 2.35. The van der Waals surface area contributed by atoms with E-state index in [4.69, 9.17) is 5.11 Å². The number of methoxy groups -OCH3 is 1. The number of hydrogen-bond donors (Lipinski definition) is 2. The van der Waals surface area contributed by atoms with Crippen LogP contribution in [0.25, 0.3) is 0 Å². The van der Waals surface area contributed by atoms with Gasteiger partial charge in [-0.2, -0.15) is 0 Å². The second kappa shape index (κ2) is 6.52. The zero-order chi connectivity index (χ0) is 12.7. The maximum Gasteiger partial charge on any atom is 0.406 e. The van der Waals surface area contributed by atoms with E-state index in [9.17, 15) is 9.59 Å². The van der Waals surface area contributed by atoms with E-state index in [1.807, 2.05) is 30.3 Å². The van der Waals surface area contributed by atoms with Crippen molar-refractivity contribution in [1.29, 1.82) is 0 Å². The number of benzene rings is 1. The molecule has 1 aromatic carbocycles. The lowest BCUT2D eigenvalue weighted by molar-refractivity contribution is -0.141. The Hall–Kier alpha value is -2.04. The number of ether oxygens (including phenoxy) is 1. The molecule has 0 radical (unpaired) electrons. The van der Waals surface area contributed by atoms with Crippen molar-refractivity contribution in [3.63, 3.8) is 0 Å². The highest BCUT2D eigenvalue weighted by atomic mass is 16.5. The van der Waals surface area contributed by atoms with E-state index in [0.717, 1.165) is 5.56 Å². The summed E-state index contributed by atoms with van der Waals surface area (Å²) in [6.07, 6.45) is -0.246. The van der Waals surface area contributed by atoms with Crippen molar-refractivity contribution in [1.82, 2.24) is 5.32 Å². The zero-order valence-corrected chi connectivity index (χ0v) is 9.55. The molecule has 5 nitrogen and oxygen atoms in total. The van der Waals surface area contributed by atoms with Crippen molar-refractivity contribution in [3.8, 4) is 0 Å². The molecule has 0 spiro atoms. The molecule has 1 rings (SSSR count). The van der Waals surface area contributed by atoms with E-state index in [-0.39, 0.29) is 6.54 Å². The molecule has 0 aliphatic rings. The number of aliphatic carboxylic acids is 1. The van der Waals surface area contributed by atoms with Crippen molar-refractivity contribution in [2.45, 2.75) is 6.42 Å². The lowest BCUT2D eigenvalue weighted by atomic mass is 9.99. The predicted octanol–water partition coefficient (Wildman–Crippen LogP) is 1.29. The maximum atomic E-state index is 11.0. The molecule has 1 atom stereocenters. The number of nitrogens with one attached hydrogen (secondary N) is 1. The number of hydrogen-bond acceptors (Lipinski definition) is 3. The molecule has 0 aliphatic carbocycles. The number of amides is 1. The van der Waals surface area contributed by atoms with Gasteiger partial charge in [-0.25, -0.2) is 4.79 Å². The number of rotatable bonds is 5. The topological polar surface area (TPSA) is 75.6 Å². The van der Waals surface area contributed by atoms with Crippen molar-refractivity contribution >= 4 is 12.1 Å². The van der Waals surface area contributed by atoms with Crippen LogP contribution in [0.5, 0.6) is 0 Å². The smallest absolute Gasteiger partial charge is 0.406 e. The van der Waals surface area contributed by atoms with E-state index in [1.165, 1.54) is 7.11 Å². The molecular formula is C12H15NO4. The number of carboxylic acids is 1. The summed E-state index contributed by atoms with van der Waals surface area (Å²) < 4.78 is 4.39. The average Bonchev–Trinajstić information content (AvgIpc) is 2.34. The fourth-order valence-corrected chi connectivity index (χ4v) is 1.42. The molecule has 2 N–H and O–H groups in total. The van der Waals surface area contributed by atoms with Crippen LogP contribution in [0.15, 0.2) is 30.3 Å². The Labute approximate surface area is 99.4 Å². The first-order valence-corrected chi connectivity index (χ1v) is 5.22. The number of carbonyl (C=O) groups is 2. The highest BCUT2D eigenvalue weighted by molar-refractivity contribution is 5.72. The summed E-state index contributed by atoms with van der Waals surface area (Å²) in [4.78, 5) is 21.9. The van der Waals surface area contributed by atoms with Gasteiger partial charge in [-0.3, -0.25) is 4.79 Å². The normalized spacial score (nSPS) is 11.6. The summed E-state index contributed by atoms with van der Waals surface area (Å²) in [7, 11) is 1.24. The summed E-state index contributed by atoms with van der Waals surface area (Å²) in [5, 5.41) is 11.4. The molecule has 0 fully saturated rings. The minimum atomic E-state index is -0.940. The van der Waals surface area contributed by atoms with Crippen LogP contribution in [0.1, 0.15) is 5.56 Å². The van der Waals surface area contributed by atoms with E-state index < -0.39 is 18.0 Å². The van der Waals surface area contributed by atoms with Crippen molar-refractivity contribution in [2.75, 3.05) is 13.7 Å². The Bertz CT molecular complexity index is 377. The molecule has 0 aromatic heterocycles. The molecule has 92 valence electrons. The van der Waals surface area contributed by atoms with E-state index in [1.54, 1.807) is 0 Å².